The van der Waals surface area contributed by atoms with E-state index in [0.717, 1.165) is 0 Å². The second-order valence-corrected chi connectivity index (χ2v) is 2.95. The molecule has 0 aromatic heterocycles. The van der Waals surface area contributed by atoms with Crippen LogP contribution in [0.15, 0.2) is 0 Å². The Morgan fingerprint density at radius 1 is 1.67 bits per heavy atom. The molecule has 0 bridgehead atoms. The minimum Gasteiger partial charge on any atom is -0.394 e. The SMILES string of the molecule is CO[C@@H]1[C@H]([C@H](O)CO)NC[C@H]1O. The van der Waals surface area contributed by atoms with Crippen LogP contribution >= 0.6 is 0 Å². The number of β-amino-alcohol motifs (C(OH)–C–C–N with tert-alkyl or cyclic N) is 1. The molecule has 1 fully saturated rings. The second kappa shape index (κ2) is 4.15. The number of ether oxygens (including phenoxy) is 1. The molecule has 12 heavy (non-hydrogen) atoms. The van der Waals surface area contributed by atoms with Crippen LogP contribution in [0.25, 0.3) is 0 Å². The van der Waals surface area contributed by atoms with E-state index in [9.17, 15) is 10.2 Å². The van der Waals surface area contributed by atoms with E-state index in [1.165, 1.54) is 7.11 Å². The smallest absolute Gasteiger partial charge is 0.102 e. The first kappa shape index (κ1) is 9.88. The fraction of sp³-hybridized carbons (Fsp3) is 1.00. The molecule has 0 spiro atoms. The van der Waals surface area contributed by atoms with Gasteiger partial charge in [-0.2, -0.15) is 0 Å². The average molecular weight is 177 g/mol. The van der Waals surface area contributed by atoms with Crippen LogP contribution < -0.4 is 5.32 Å². The largest absolute Gasteiger partial charge is 0.394 e. The van der Waals surface area contributed by atoms with Crippen LogP contribution in [0.3, 0.4) is 0 Å². The second-order valence-electron chi connectivity index (χ2n) is 2.95. The maximum absolute atomic E-state index is 9.32. The molecule has 0 saturated carbocycles. The number of methoxy groups -OCH3 is 1. The molecule has 1 rings (SSSR count). The predicted molar refractivity (Wildman–Crippen MR) is 41.7 cm³/mol. The molecule has 0 unspecified atom stereocenters. The third kappa shape index (κ3) is 1.75. The van der Waals surface area contributed by atoms with Gasteiger partial charge < -0.3 is 25.4 Å². The van der Waals surface area contributed by atoms with Gasteiger partial charge in [-0.05, 0) is 0 Å². The van der Waals surface area contributed by atoms with E-state index in [1.807, 2.05) is 0 Å². The van der Waals surface area contributed by atoms with Crippen molar-refractivity contribution in [1.82, 2.24) is 5.32 Å². The molecule has 4 N–H and O–H groups in total. The number of nitrogens with one attached hydrogen (secondary N) is 1. The van der Waals surface area contributed by atoms with Crippen LogP contribution in [0.1, 0.15) is 0 Å². The summed E-state index contributed by atoms with van der Waals surface area (Å²) in [6, 6.07) is -0.380. The van der Waals surface area contributed by atoms with Crippen molar-refractivity contribution in [1.29, 1.82) is 0 Å². The Balaban J connectivity index is 2.53. The van der Waals surface area contributed by atoms with Gasteiger partial charge in [0.1, 0.15) is 6.10 Å². The summed E-state index contributed by atoms with van der Waals surface area (Å²) in [5.74, 6) is 0. The first-order valence-electron chi connectivity index (χ1n) is 3.94. The molecule has 0 aliphatic carbocycles. The summed E-state index contributed by atoms with van der Waals surface area (Å²) < 4.78 is 4.98. The van der Waals surface area contributed by atoms with Crippen LogP contribution in [0.5, 0.6) is 0 Å². The molecular weight excluding hydrogens is 162 g/mol. The maximum Gasteiger partial charge on any atom is 0.102 e. The predicted octanol–water partition coefficient (Wildman–Crippen LogP) is -2.31. The van der Waals surface area contributed by atoms with Gasteiger partial charge in [0.15, 0.2) is 0 Å². The van der Waals surface area contributed by atoms with Gasteiger partial charge in [0.05, 0.1) is 24.9 Å². The van der Waals surface area contributed by atoms with Gasteiger partial charge in [-0.25, -0.2) is 0 Å². The zero-order valence-corrected chi connectivity index (χ0v) is 6.97. The van der Waals surface area contributed by atoms with Crippen molar-refractivity contribution in [3.8, 4) is 0 Å². The van der Waals surface area contributed by atoms with Crippen molar-refractivity contribution in [2.24, 2.45) is 0 Å². The van der Waals surface area contributed by atoms with Crippen molar-refractivity contribution in [3.63, 3.8) is 0 Å². The van der Waals surface area contributed by atoms with Crippen molar-refractivity contribution in [2.75, 3.05) is 20.3 Å². The summed E-state index contributed by atoms with van der Waals surface area (Å²) in [6.07, 6.45) is -1.93. The Morgan fingerprint density at radius 2 is 2.33 bits per heavy atom. The highest BCUT2D eigenvalue weighted by Gasteiger charge is 2.38. The summed E-state index contributed by atoms with van der Waals surface area (Å²) in [5.41, 5.74) is 0. The molecule has 1 aliphatic rings. The van der Waals surface area contributed by atoms with Crippen LogP contribution in [0.4, 0.5) is 0 Å². The quantitative estimate of drug-likeness (QED) is 0.389. The molecule has 1 heterocycles. The fourth-order valence-electron chi connectivity index (χ4n) is 1.50. The van der Waals surface area contributed by atoms with Crippen LogP contribution in [-0.2, 0) is 4.74 Å². The molecule has 0 aromatic carbocycles. The number of aliphatic hydroxyl groups excluding tert-OH is 3. The van der Waals surface area contributed by atoms with Gasteiger partial charge in [-0.3, -0.25) is 0 Å². The zero-order chi connectivity index (χ0) is 9.14. The molecule has 1 aliphatic heterocycles. The lowest BCUT2D eigenvalue weighted by Crippen LogP contribution is -2.45. The van der Waals surface area contributed by atoms with E-state index >= 15 is 0 Å². The first-order valence-corrected chi connectivity index (χ1v) is 3.94. The van der Waals surface area contributed by atoms with E-state index < -0.39 is 18.3 Å². The minimum absolute atomic E-state index is 0.329. The molecule has 0 radical (unpaired) electrons. The lowest BCUT2D eigenvalue weighted by molar-refractivity contribution is -0.0328. The summed E-state index contributed by atoms with van der Waals surface area (Å²) in [7, 11) is 1.47. The van der Waals surface area contributed by atoms with Crippen LogP contribution in [0, 0.1) is 0 Å². The van der Waals surface area contributed by atoms with E-state index in [0.29, 0.717) is 6.54 Å². The number of rotatable bonds is 3. The van der Waals surface area contributed by atoms with Gasteiger partial charge in [0.25, 0.3) is 0 Å². The summed E-state index contributed by atoms with van der Waals surface area (Å²) in [6.45, 7) is 0.0600. The van der Waals surface area contributed by atoms with E-state index in [1.54, 1.807) is 0 Å². The highest BCUT2D eigenvalue weighted by atomic mass is 16.5. The van der Waals surface area contributed by atoms with Gasteiger partial charge >= 0.3 is 0 Å². The normalized spacial score (nSPS) is 38.5. The molecule has 4 atom stereocenters. The number of hydrogen-bond donors (Lipinski definition) is 4. The molecule has 1 saturated heterocycles. The van der Waals surface area contributed by atoms with E-state index in [-0.39, 0.29) is 12.6 Å². The molecule has 72 valence electrons. The van der Waals surface area contributed by atoms with Crippen LogP contribution in [-0.4, -0.2) is 59.9 Å². The monoisotopic (exact) mass is 177 g/mol. The first-order chi connectivity index (χ1) is 5.70. The van der Waals surface area contributed by atoms with E-state index in [4.69, 9.17) is 9.84 Å². The Labute approximate surface area is 71.0 Å². The van der Waals surface area contributed by atoms with Crippen molar-refractivity contribution in [3.05, 3.63) is 0 Å². The number of hydrogen-bond acceptors (Lipinski definition) is 5. The van der Waals surface area contributed by atoms with Gasteiger partial charge in [-0.15, -0.1) is 0 Å². The standard InChI is InChI=1S/C7H15NO4/c1-12-7-4(10)2-8-6(7)5(11)3-9/h4-11H,2-3H2,1H3/t4-,5-,6+,7+/m1/s1. The third-order valence-corrected chi connectivity index (χ3v) is 2.17. The van der Waals surface area contributed by atoms with Gasteiger partial charge in [-0.1, -0.05) is 0 Å². The Bertz CT molecular complexity index is 143. The summed E-state index contributed by atoms with van der Waals surface area (Å²) in [4.78, 5) is 0. The molecular formula is C7H15NO4. The topological polar surface area (TPSA) is 82.0 Å². The summed E-state index contributed by atoms with van der Waals surface area (Å²) in [5, 5.41) is 30.1. The highest BCUT2D eigenvalue weighted by Crippen LogP contribution is 2.14. The van der Waals surface area contributed by atoms with Crippen molar-refractivity contribution >= 4 is 0 Å². The zero-order valence-electron chi connectivity index (χ0n) is 6.97. The molecule has 5 nitrogen and oxygen atoms in total. The van der Waals surface area contributed by atoms with Gasteiger partial charge in [0.2, 0.25) is 0 Å². The fourth-order valence-corrected chi connectivity index (χ4v) is 1.50. The van der Waals surface area contributed by atoms with E-state index in [2.05, 4.69) is 5.32 Å². The third-order valence-electron chi connectivity index (χ3n) is 2.17. The maximum atomic E-state index is 9.32. The Morgan fingerprint density at radius 3 is 2.83 bits per heavy atom. The minimum atomic E-state index is -0.882. The van der Waals surface area contributed by atoms with Crippen molar-refractivity contribution < 1.29 is 20.1 Å². The molecule has 0 amide bonds. The van der Waals surface area contributed by atoms with Crippen molar-refractivity contribution in [2.45, 2.75) is 24.4 Å². The number of aliphatic hydroxyl groups is 3. The van der Waals surface area contributed by atoms with Crippen LogP contribution in [0.2, 0.25) is 0 Å². The molecule has 0 aromatic rings. The Kier molecular flexibility index (Phi) is 3.42. The average Bonchev–Trinajstić information content (AvgIpc) is 2.45. The summed E-state index contributed by atoms with van der Waals surface area (Å²) >= 11 is 0. The highest BCUT2D eigenvalue weighted by molar-refractivity contribution is 4.95. The lowest BCUT2D eigenvalue weighted by Gasteiger charge is -2.23. The van der Waals surface area contributed by atoms with Gasteiger partial charge in [0, 0.05) is 13.7 Å². The lowest BCUT2D eigenvalue weighted by atomic mass is 10.1. The molecule has 5 heteroatoms. The Hall–Kier alpha value is -0.200.